The molecule has 0 aliphatic heterocycles. The van der Waals surface area contributed by atoms with Gasteiger partial charge >= 0.3 is 0 Å². The predicted octanol–water partition coefficient (Wildman–Crippen LogP) is 2.13. The zero-order chi connectivity index (χ0) is 18.0. The van der Waals surface area contributed by atoms with Crippen LogP contribution in [0.2, 0.25) is 0 Å². The first-order valence-corrected chi connectivity index (χ1v) is 8.00. The average Bonchev–Trinajstić information content (AvgIpc) is 2.91. The van der Waals surface area contributed by atoms with Crippen LogP contribution in [-0.2, 0) is 13.6 Å². The van der Waals surface area contributed by atoms with Crippen LogP contribution in [0.15, 0.2) is 30.3 Å². The number of aryl methyl sites for hydroxylation is 4. The molecule has 3 aromatic rings. The quantitative estimate of drug-likeness (QED) is 0.789. The number of nitrogens with one attached hydrogen (secondary N) is 1. The zero-order valence-corrected chi connectivity index (χ0v) is 14.7. The lowest BCUT2D eigenvalue weighted by atomic mass is 10.1. The van der Waals surface area contributed by atoms with E-state index in [1.807, 2.05) is 46.0 Å². The normalized spacial score (nSPS) is 10.7. The van der Waals surface area contributed by atoms with Gasteiger partial charge in [0.15, 0.2) is 5.82 Å². The second-order valence-electron chi connectivity index (χ2n) is 5.94. The minimum atomic E-state index is -0.183. The molecule has 1 amide bonds. The first-order valence-electron chi connectivity index (χ1n) is 8.00. The van der Waals surface area contributed by atoms with Crippen LogP contribution in [0.5, 0.6) is 0 Å². The number of hydrogen-bond donors (Lipinski definition) is 1. The summed E-state index contributed by atoms with van der Waals surface area (Å²) in [5, 5.41) is 7.20. The standard InChI is InChI=1S/C18H20N6O/c1-11-8-12(2)21-16(20-11)10-19-18(25)15-7-5-6-14(9-15)17-22-13(3)24(4)23-17/h5-9H,10H2,1-4H3,(H,19,25). The van der Waals surface area contributed by atoms with Crippen LogP contribution in [0.1, 0.15) is 33.4 Å². The van der Waals surface area contributed by atoms with Crippen molar-refractivity contribution in [1.29, 1.82) is 0 Å². The molecule has 0 aliphatic carbocycles. The Labute approximate surface area is 146 Å². The van der Waals surface area contributed by atoms with Gasteiger partial charge in [0.2, 0.25) is 0 Å². The van der Waals surface area contributed by atoms with Crippen LogP contribution in [0.3, 0.4) is 0 Å². The number of rotatable bonds is 4. The second-order valence-corrected chi connectivity index (χ2v) is 5.94. The minimum absolute atomic E-state index is 0.183. The molecule has 1 N–H and O–H groups in total. The smallest absolute Gasteiger partial charge is 0.251 e. The van der Waals surface area contributed by atoms with Gasteiger partial charge in [-0.3, -0.25) is 9.48 Å². The number of aromatic nitrogens is 5. The summed E-state index contributed by atoms with van der Waals surface area (Å²) in [7, 11) is 1.84. The average molecular weight is 336 g/mol. The third-order valence-corrected chi connectivity index (χ3v) is 3.80. The highest BCUT2D eigenvalue weighted by molar-refractivity contribution is 5.95. The summed E-state index contributed by atoms with van der Waals surface area (Å²) in [5.41, 5.74) is 3.12. The molecule has 0 radical (unpaired) electrons. The van der Waals surface area contributed by atoms with Crippen molar-refractivity contribution in [3.63, 3.8) is 0 Å². The first-order chi connectivity index (χ1) is 11.9. The molecule has 0 bridgehead atoms. The summed E-state index contributed by atoms with van der Waals surface area (Å²) in [6.45, 7) is 5.99. The van der Waals surface area contributed by atoms with Crippen molar-refractivity contribution < 1.29 is 4.79 Å². The molecule has 0 spiro atoms. The largest absolute Gasteiger partial charge is 0.345 e. The van der Waals surface area contributed by atoms with Gasteiger partial charge in [-0.05, 0) is 39.0 Å². The molecule has 1 aromatic carbocycles. The molecule has 0 saturated heterocycles. The van der Waals surface area contributed by atoms with Gasteiger partial charge in [-0.2, -0.15) is 5.10 Å². The first kappa shape index (κ1) is 16.8. The van der Waals surface area contributed by atoms with Crippen LogP contribution in [0.25, 0.3) is 11.4 Å². The van der Waals surface area contributed by atoms with E-state index in [9.17, 15) is 4.79 Å². The van der Waals surface area contributed by atoms with Gasteiger partial charge in [0.1, 0.15) is 11.6 Å². The van der Waals surface area contributed by atoms with Crippen molar-refractivity contribution in [2.24, 2.45) is 7.05 Å². The number of amides is 1. The maximum atomic E-state index is 12.4. The van der Waals surface area contributed by atoms with Crippen molar-refractivity contribution in [3.8, 4) is 11.4 Å². The lowest BCUT2D eigenvalue weighted by Gasteiger charge is -2.07. The fraction of sp³-hybridized carbons (Fsp3) is 0.278. The van der Waals surface area contributed by atoms with E-state index in [0.29, 0.717) is 17.2 Å². The van der Waals surface area contributed by atoms with Crippen molar-refractivity contribution in [2.45, 2.75) is 27.3 Å². The van der Waals surface area contributed by atoms with E-state index in [1.165, 1.54) is 0 Å². The SMILES string of the molecule is Cc1cc(C)nc(CNC(=O)c2cccc(-c3nc(C)n(C)n3)c2)n1. The molecule has 0 fully saturated rings. The van der Waals surface area contributed by atoms with Crippen LogP contribution in [-0.4, -0.2) is 30.6 Å². The van der Waals surface area contributed by atoms with Crippen LogP contribution in [0, 0.1) is 20.8 Å². The number of nitrogens with zero attached hydrogens (tertiary/aromatic N) is 5. The van der Waals surface area contributed by atoms with Gasteiger partial charge in [-0.15, -0.1) is 0 Å². The van der Waals surface area contributed by atoms with Crippen molar-refractivity contribution in [1.82, 2.24) is 30.0 Å². The second kappa shape index (κ2) is 6.80. The predicted molar refractivity (Wildman–Crippen MR) is 93.9 cm³/mol. The Balaban J connectivity index is 1.75. The number of carbonyl (C=O) groups is 1. The summed E-state index contributed by atoms with van der Waals surface area (Å²) < 4.78 is 1.71. The third-order valence-electron chi connectivity index (χ3n) is 3.80. The Morgan fingerprint density at radius 3 is 2.44 bits per heavy atom. The van der Waals surface area contributed by atoms with Crippen molar-refractivity contribution in [2.75, 3.05) is 0 Å². The fourth-order valence-electron chi connectivity index (χ4n) is 2.52. The van der Waals surface area contributed by atoms with Crippen LogP contribution >= 0.6 is 0 Å². The van der Waals surface area contributed by atoms with E-state index in [4.69, 9.17) is 0 Å². The highest BCUT2D eigenvalue weighted by Crippen LogP contribution is 2.17. The Bertz CT molecular complexity index is 891. The molecule has 3 rings (SSSR count). The van der Waals surface area contributed by atoms with Crippen LogP contribution < -0.4 is 5.32 Å². The van der Waals surface area contributed by atoms with E-state index in [-0.39, 0.29) is 12.5 Å². The Kier molecular flexibility index (Phi) is 4.56. The number of carbonyl (C=O) groups excluding carboxylic acids is 1. The minimum Gasteiger partial charge on any atom is -0.345 e. The topological polar surface area (TPSA) is 85.6 Å². The van der Waals surface area contributed by atoms with Crippen molar-refractivity contribution in [3.05, 3.63) is 58.9 Å². The van der Waals surface area contributed by atoms with Crippen molar-refractivity contribution >= 4 is 5.91 Å². The van der Waals surface area contributed by atoms with Gasteiger partial charge < -0.3 is 5.32 Å². The molecule has 7 heteroatoms. The van der Waals surface area contributed by atoms with E-state index in [1.54, 1.807) is 16.8 Å². The molecular weight excluding hydrogens is 316 g/mol. The highest BCUT2D eigenvalue weighted by Gasteiger charge is 2.11. The van der Waals surface area contributed by atoms with Crippen LogP contribution in [0.4, 0.5) is 0 Å². The molecule has 2 aromatic heterocycles. The monoisotopic (exact) mass is 336 g/mol. The number of benzene rings is 1. The zero-order valence-electron chi connectivity index (χ0n) is 14.7. The molecule has 25 heavy (non-hydrogen) atoms. The summed E-state index contributed by atoms with van der Waals surface area (Å²) >= 11 is 0. The molecule has 0 unspecified atom stereocenters. The molecule has 0 aliphatic rings. The van der Waals surface area contributed by atoms with E-state index >= 15 is 0 Å². The van der Waals surface area contributed by atoms with Gasteiger partial charge in [0.05, 0.1) is 6.54 Å². The molecule has 128 valence electrons. The molecule has 2 heterocycles. The summed E-state index contributed by atoms with van der Waals surface area (Å²) in [6, 6.07) is 9.15. The Morgan fingerprint density at radius 1 is 1.08 bits per heavy atom. The Morgan fingerprint density at radius 2 is 1.80 bits per heavy atom. The molecular formula is C18H20N6O. The van der Waals surface area contributed by atoms with E-state index < -0.39 is 0 Å². The van der Waals surface area contributed by atoms with Gasteiger partial charge in [-0.1, -0.05) is 12.1 Å². The molecule has 7 nitrogen and oxygen atoms in total. The van der Waals surface area contributed by atoms with Gasteiger partial charge in [0.25, 0.3) is 5.91 Å². The Hall–Kier alpha value is -3.09. The van der Waals surface area contributed by atoms with E-state index in [2.05, 4.69) is 25.4 Å². The summed E-state index contributed by atoms with van der Waals surface area (Å²) in [6.07, 6.45) is 0. The summed E-state index contributed by atoms with van der Waals surface area (Å²) in [4.78, 5) is 25.5. The van der Waals surface area contributed by atoms with Gasteiger partial charge in [-0.25, -0.2) is 15.0 Å². The van der Waals surface area contributed by atoms with Gasteiger partial charge in [0, 0.05) is 29.6 Å². The molecule has 0 saturated carbocycles. The summed E-state index contributed by atoms with van der Waals surface area (Å²) in [5.74, 6) is 1.84. The third kappa shape index (κ3) is 3.88. The fourth-order valence-corrected chi connectivity index (χ4v) is 2.52. The van der Waals surface area contributed by atoms with E-state index in [0.717, 1.165) is 22.8 Å². The molecule has 0 atom stereocenters. The lowest BCUT2D eigenvalue weighted by molar-refractivity contribution is 0.0950. The maximum Gasteiger partial charge on any atom is 0.251 e. The highest BCUT2D eigenvalue weighted by atomic mass is 16.1. The maximum absolute atomic E-state index is 12.4. The number of hydrogen-bond acceptors (Lipinski definition) is 5. The lowest BCUT2D eigenvalue weighted by Crippen LogP contribution is -2.24.